The summed E-state index contributed by atoms with van der Waals surface area (Å²) in [7, 11) is 13.9. The van der Waals surface area contributed by atoms with E-state index in [1.165, 1.54) is 82.6 Å². The van der Waals surface area contributed by atoms with Crippen LogP contribution in [-0.2, 0) is 61.9 Å². The fourth-order valence-corrected chi connectivity index (χ4v) is 18.1. The number of hydrogen-bond donors (Lipinski definition) is 6. The number of methoxy groups -OCH3 is 6. The van der Waals surface area contributed by atoms with E-state index in [0.29, 0.717) is 19.6 Å². The van der Waals surface area contributed by atoms with E-state index >= 15 is 0 Å². The second-order valence-corrected chi connectivity index (χ2v) is 35.4. The number of benzene rings is 7. The van der Waals surface area contributed by atoms with Gasteiger partial charge in [-0.15, -0.1) is 93.5 Å². The molecule has 5 aromatic heterocycles. The summed E-state index contributed by atoms with van der Waals surface area (Å²) in [5.41, 5.74) is 19.2. The smallest absolute Gasteiger partial charge is 0.343 e. The number of nitrogens with zero attached hydrogens (tertiary/aromatic N) is 1. The molecule has 12 aromatic rings. The van der Waals surface area contributed by atoms with E-state index in [-0.39, 0.29) is 76.4 Å². The zero-order valence-corrected chi connectivity index (χ0v) is 80.3. The molecule has 115 heavy (non-hydrogen) atoms. The second kappa shape index (κ2) is 65.3. The number of thiophene rings is 5. The summed E-state index contributed by atoms with van der Waals surface area (Å²) in [6, 6.07) is 51.0. The average molecular weight is 2010 g/mol. The molecule has 14 nitrogen and oxygen atoms in total. The van der Waals surface area contributed by atoms with Gasteiger partial charge in [-0.2, -0.15) is 6.42 Å². The number of alkyl halides is 1. The summed E-state index contributed by atoms with van der Waals surface area (Å²) in [4.78, 5) is 6.11. The normalized spacial score (nSPS) is 12.9. The minimum Gasteiger partial charge on any atom is -0.343 e. The number of epoxide rings is 1. The summed E-state index contributed by atoms with van der Waals surface area (Å²) in [6.45, 7) is 11.0. The van der Waals surface area contributed by atoms with Crippen LogP contribution in [0.5, 0.6) is 0 Å². The Hall–Kier alpha value is -1.39. The fraction of sp³-hybridized carbons (Fsp3) is 0.346. The number of nitrogens with two attached hydrogens (primary N) is 3. The van der Waals surface area contributed by atoms with E-state index in [1.54, 1.807) is 88.4 Å². The van der Waals surface area contributed by atoms with Crippen LogP contribution in [0.15, 0.2) is 181 Å². The third kappa shape index (κ3) is 42.7. The van der Waals surface area contributed by atoms with Crippen molar-refractivity contribution in [3.05, 3.63) is 235 Å². The van der Waals surface area contributed by atoms with Crippen LogP contribution in [0.1, 0.15) is 65.2 Å². The molecule has 3 aliphatic rings. The topological polar surface area (TPSA) is 197 Å². The van der Waals surface area contributed by atoms with Gasteiger partial charge in [-0.3, -0.25) is 0 Å². The van der Waals surface area contributed by atoms with Gasteiger partial charge < -0.3 is 71.9 Å². The molecule has 0 bridgehead atoms. The van der Waals surface area contributed by atoms with Crippen LogP contribution in [0.3, 0.4) is 0 Å². The van der Waals surface area contributed by atoms with E-state index in [4.69, 9.17) is 141 Å². The molecule has 0 aliphatic carbocycles. The van der Waals surface area contributed by atoms with Crippen molar-refractivity contribution in [2.24, 2.45) is 21.5 Å². The molecule has 1 radical (unpaired) electrons. The summed E-state index contributed by atoms with van der Waals surface area (Å²) in [6.07, 6.45) is 4.57. The van der Waals surface area contributed by atoms with Gasteiger partial charge in [0.25, 0.3) is 0 Å². The van der Waals surface area contributed by atoms with Crippen LogP contribution in [0.4, 0.5) is 0 Å². The van der Waals surface area contributed by atoms with Gasteiger partial charge in [0.05, 0.1) is 47.8 Å². The first kappa shape index (κ1) is 112. The van der Waals surface area contributed by atoms with Crippen LogP contribution in [0.2, 0.25) is 35.2 Å². The Morgan fingerprint density at radius 1 is 0.565 bits per heavy atom. The van der Waals surface area contributed by atoms with Gasteiger partial charge in [0.1, 0.15) is 0 Å². The van der Waals surface area contributed by atoms with Crippen molar-refractivity contribution in [3.63, 3.8) is 0 Å². The van der Waals surface area contributed by atoms with Crippen molar-refractivity contribution in [3.8, 4) is 0 Å². The summed E-state index contributed by atoms with van der Waals surface area (Å²) in [5.74, 6) is 0.772. The number of ether oxygens (including phenoxy) is 9. The first-order valence-electron chi connectivity index (χ1n) is 34.6. The van der Waals surface area contributed by atoms with Gasteiger partial charge in [0, 0.05) is 199 Å². The third-order valence-corrected chi connectivity index (χ3v) is 24.9. The predicted molar refractivity (Wildman–Crippen MR) is 515 cm³/mol. The number of unbranched alkanes of at least 4 members (excludes halogenated alkanes) is 1. The number of aliphatic hydroxyl groups excluding tert-OH is 1. The molecule has 7 N–H and O–H groups in total. The number of rotatable bonds is 16. The number of aliphatic hydroxyl groups is 1. The largest absolute Gasteiger partial charge is 1.00 e. The number of hydrogen-bond acceptors (Lipinski definition) is 22. The van der Waals surface area contributed by atoms with E-state index in [2.05, 4.69) is 124 Å². The minimum absolute atomic E-state index is 0. The summed E-state index contributed by atoms with van der Waals surface area (Å²) in [5, 5.41) is 23.0. The standard InChI is InChI=1S/2C12H12ClNOS.C10H13ClO2S.C10H9ClOS.C8H4BrClS.C8H5ClS.C6H5ClS.C4H9BrO2.C4H11NO2.C4H9.C2H4O.CH4.BHNS.ClH.Li/c2*13-7-1-2-10-8(5-7)12-9(6-14)15-4-3-11(12)16-10;1-12-10(13-2)7-14-9-5-3-8(11)4-6-9;11-8-1-2-10-7(5-8)6-9(13-10)3-4-12;9-8-4-5-3-6(10)1-2-7(5)11-8;9-7-1-2-8-6(5-7)3-4-10-8;7-5-1-3-6(8)4-2-5;2*1-6-4(3-5)7-2;1-3-4-2;1-2-3-1;;1-2-3;;/h2*1-2,5,9H,3-4,6,14H2;3-6,10H,7H2,1-2H3;1-2,5-6,12H,3-4H2;1-4H;1-5H;1-4,8H;4H,3H2,1-2H3;4H,3,5H2,1-2H3;1,3-4H2,2H3;1-2H2;1H4;3H;1H;/q;;;;;;;;;-1;;;;;+1. The Labute approximate surface area is 785 Å². The van der Waals surface area contributed by atoms with Gasteiger partial charge in [-0.1, -0.05) is 118 Å². The SMILES string of the molecule is C.C1CO1.COC(CBr)OC.COC(CN)OC.COC(CSc1ccc(Cl)cc1)OC.Cl.Clc1ccc2sc(Br)cc2c1.Clc1ccc2sccc2c1.NCC1OCCc2sc3ccc(Cl)cc3c21.NCC1OCCc2sc3ccc(Cl)cc3c21.OCCc1cc2cc(Cl)ccc2s1.Sc1ccc(Cl)cc1.[B]=NS.[CH2-]CCC.[Li+]. The number of halogens is 10. The molecule has 7 aromatic carbocycles. The van der Waals surface area contributed by atoms with Crippen LogP contribution in [0.25, 0.3) is 50.4 Å². The van der Waals surface area contributed by atoms with Crippen LogP contribution in [0, 0.1) is 6.92 Å². The fourth-order valence-electron chi connectivity index (χ4n) is 9.58. The van der Waals surface area contributed by atoms with E-state index in [0.717, 1.165) is 112 Å². The average Bonchev–Trinajstić information content (AvgIpc) is 1.63. The molecule has 1 fully saturated rings. The monoisotopic (exact) mass is 2000 g/mol. The van der Waals surface area contributed by atoms with Crippen molar-refractivity contribution in [1.29, 1.82) is 0 Å². The van der Waals surface area contributed by atoms with E-state index in [9.17, 15) is 0 Å². The van der Waals surface area contributed by atoms with Gasteiger partial charge in [0.2, 0.25) is 0 Å². The second-order valence-electron chi connectivity index (χ2n) is 23.0. The van der Waals surface area contributed by atoms with Crippen LogP contribution >= 0.6 is 219 Å². The van der Waals surface area contributed by atoms with Gasteiger partial charge >= 0.3 is 43.6 Å². The third-order valence-electron chi connectivity index (χ3n) is 15.1. The number of thiol groups is 2. The van der Waals surface area contributed by atoms with Crippen molar-refractivity contribution in [1.82, 2.24) is 0 Å². The Morgan fingerprint density at radius 3 is 1.33 bits per heavy atom. The molecule has 1 saturated heterocycles. The minimum atomic E-state index is -0.236. The number of thioether (sulfide) groups is 1. The Morgan fingerprint density at radius 2 is 0.957 bits per heavy atom. The zero-order chi connectivity index (χ0) is 82.3. The number of fused-ring (bicyclic) bond motifs is 9. The quantitative estimate of drug-likeness (QED) is 0.0102. The molecule has 8 heterocycles. The Balaban J connectivity index is 0.000000642. The van der Waals surface area contributed by atoms with Crippen molar-refractivity contribution < 1.29 is 66.6 Å². The zero-order valence-electron chi connectivity index (χ0n) is 64.3. The molecule has 2 atom stereocenters. The van der Waals surface area contributed by atoms with Gasteiger partial charge in [-0.05, 0) is 195 Å². The predicted octanol–water partition coefficient (Wildman–Crippen LogP) is 23.3. The van der Waals surface area contributed by atoms with E-state index < -0.39 is 0 Å². The van der Waals surface area contributed by atoms with Gasteiger partial charge in [-0.25, -0.2) is 0 Å². The molecule has 15 rings (SSSR count). The maximum Gasteiger partial charge on any atom is 1.00 e. The molecule has 625 valence electrons. The molecule has 0 spiro atoms. The maximum absolute atomic E-state index is 8.78. The van der Waals surface area contributed by atoms with Crippen molar-refractivity contribution >= 4 is 277 Å². The van der Waals surface area contributed by atoms with Crippen LogP contribution in [-0.4, -0.2) is 138 Å². The van der Waals surface area contributed by atoms with Gasteiger partial charge in [0.15, 0.2) is 18.9 Å². The van der Waals surface area contributed by atoms with Crippen molar-refractivity contribution in [2.45, 2.75) is 87.3 Å². The first-order chi connectivity index (χ1) is 54.1. The first-order valence-corrected chi connectivity index (χ1v) is 45.1. The maximum atomic E-state index is 8.78. The molecule has 2 unspecified atom stereocenters. The molecule has 3 aliphatic heterocycles. The molecule has 34 heteroatoms. The Kier molecular flexibility index (Phi) is 63.3. The molecular formula is C81H99BBr2Cl8LiN4O10S8. The van der Waals surface area contributed by atoms with Crippen LogP contribution < -0.4 is 36.1 Å². The van der Waals surface area contributed by atoms with Crippen molar-refractivity contribution in [2.75, 3.05) is 106 Å². The summed E-state index contributed by atoms with van der Waals surface area (Å²) < 4.78 is 55.2. The molecule has 0 saturated carbocycles. The molecular weight excluding hydrogens is 1910 g/mol. The van der Waals surface area contributed by atoms with E-state index in [1.807, 2.05) is 150 Å². The summed E-state index contributed by atoms with van der Waals surface area (Å²) >= 11 is 65.3. The Bertz CT molecular complexity index is 4430. The molecule has 0 amide bonds.